The van der Waals surface area contributed by atoms with Crippen LogP contribution < -0.4 is 14.8 Å². The molecule has 0 saturated carbocycles. The van der Waals surface area contributed by atoms with Crippen LogP contribution >= 0.6 is 11.6 Å². The third-order valence-corrected chi connectivity index (χ3v) is 3.69. The number of methoxy groups -OCH3 is 2. The molecule has 0 heterocycles. The van der Waals surface area contributed by atoms with E-state index < -0.39 is 5.38 Å². The second-order valence-corrected chi connectivity index (χ2v) is 5.12. The number of carbonyl (C=O) groups excluding carboxylic acids is 1. The van der Waals surface area contributed by atoms with E-state index in [1.807, 2.05) is 30.3 Å². The van der Waals surface area contributed by atoms with Crippen molar-refractivity contribution in [2.45, 2.75) is 11.9 Å². The molecule has 0 aliphatic heterocycles. The molecule has 0 spiro atoms. The molecular weight excluding hydrogens is 302 g/mol. The number of ether oxygens (including phenoxy) is 2. The van der Waals surface area contributed by atoms with Gasteiger partial charge in [0, 0.05) is 6.54 Å². The molecule has 2 aromatic rings. The van der Waals surface area contributed by atoms with Gasteiger partial charge in [0.15, 0.2) is 11.5 Å². The van der Waals surface area contributed by atoms with Crippen LogP contribution in [-0.4, -0.2) is 20.1 Å². The minimum absolute atomic E-state index is 0.252. The van der Waals surface area contributed by atoms with Crippen LogP contribution in [0.25, 0.3) is 0 Å². The maximum atomic E-state index is 12.2. The Morgan fingerprint density at radius 2 is 1.77 bits per heavy atom. The second kappa shape index (κ2) is 7.71. The molecule has 2 aromatic carbocycles. The van der Waals surface area contributed by atoms with Crippen LogP contribution in [0.15, 0.2) is 48.5 Å². The number of halogens is 1. The van der Waals surface area contributed by atoms with Gasteiger partial charge in [-0.05, 0) is 23.3 Å². The molecule has 0 aliphatic carbocycles. The number of benzene rings is 2. The number of nitrogens with one attached hydrogen (secondary N) is 1. The van der Waals surface area contributed by atoms with E-state index in [2.05, 4.69) is 5.32 Å². The lowest BCUT2D eigenvalue weighted by molar-refractivity contribution is -0.121. The highest BCUT2D eigenvalue weighted by molar-refractivity contribution is 6.30. The van der Waals surface area contributed by atoms with Gasteiger partial charge in [0.05, 0.1) is 14.2 Å². The number of carbonyl (C=O) groups is 1. The summed E-state index contributed by atoms with van der Waals surface area (Å²) in [7, 11) is 3.10. The SMILES string of the molecule is COc1ccc(C(Cl)C(=O)NCc2ccccc2)cc1OC. The summed E-state index contributed by atoms with van der Waals surface area (Å²) in [5.74, 6) is 0.888. The molecule has 4 nitrogen and oxygen atoms in total. The van der Waals surface area contributed by atoms with Crippen molar-refractivity contribution in [3.63, 3.8) is 0 Å². The standard InChI is InChI=1S/C17H18ClNO3/c1-21-14-9-8-13(10-15(14)22-2)16(18)17(20)19-11-12-6-4-3-5-7-12/h3-10,16H,11H2,1-2H3,(H,19,20). The summed E-state index contributed by atoms with van der Waals surface area (Å²) in [6, 6.07) is 14.9. The van der Waals surface area contributed by atoms with Gasteiger partial charge in [-0.15, -0.1) is 11.6 Å². The molecule has 0 aromatic heterocycles. The maximum Gasteiger partial charge on any atom is 0.242 e. The summed E-state index contributed by atoms with van der Waals surface area (Å²) in [5, 5.41) is 2.03. The Balaban J connectivity index is 2.04. The van der Waals surface area contributed by atoms with Crippen molar-refractivity contribution in [1.82, 2.24) is 5.32 Å². The van der Waals surface area contributed by atoms with Crippen molar-refractivity contribution < 1.29 is 14.3 Å². The van der Waals surface area contributed by atoms with Crippen LogP contribution in [0.3, 0.4) is 0 Å². The first-order valence-electron chi connectivity index (χ1n) is 6.83. The van der Waals surface area contributed by atoms with Crippen molar-refractivity contribution in [3.8, 4) is 11.5 Å². The monoisotopic (exact) mass is 319 g/mol. The van der Waals surface area contributed by atoms with Gasteiger partial charge in [-0.1, -0.05) is 36.4 Å². The van der Waals surface area contributed by atoms with Gasteiger partial charge in [-0.3, -0.25) is 4.79 Å². The van der Waals surface area contributed by atoms with Gasteiger partial charge >= 0.3 is 0 Å². The highest BCUT2D eigenvalue weighted by Gasteiger charge is 2.19. The highest BCUT2D eigenvalue weighted by Crippen LogP contribution is 2.32. The fourth-order valence-electron chi connectivity index (χ4n) is 2.04. The molecule has 0 saturated heterocycles. The molecule has 22 heavy (non-hydrogen) atoms. The molecule has 0 bridgehead atoms. The molecule has 0 fully saturated rings. The van der Waals surface area contributed by atoms with Crippen LogP contribution in [0.2, 0.25) is 0 Å². The van der Waals surface area contributed by atoms with Gasteiger partial charge in [-0.25, -0.2) is 0 Å². The van der Waals surface area contributed by atoms with E-state index in [9.17, 15) is 4.79 Å². The predicted molar refractivity (Wildman–Crippen MR) is 86.4 cm³/mol. The smallest absolute Gasteiger partial charge is 0.242 e. The summed E-state index contributed by atoms with van der Waals surface area (Å²) in [6.07, 6.45) is 0. The van der Waals surface area contributed by atoms with E-state index in [0.29, 0.717) is 23.6 Å². The molecular formula is C17H18ClNO3. The highest BCUT2D eigenvalue weighted by atomic mass is 35.5. The van der Waals surface area contributed by atoms with Crippen LogP contribution in [0.5, 0.6) is 11.5 Å². The van der Waals surface area contributed by atoms with Crippen molar-refractivity contribution >= 4 is 17.5 Å². The molecule has 1 atom stereocenters. The van der Waals surface area contributed by atoms with E-state index in [1.54, 1.807) is 32.4 Å². The third kappa shape index (κ3) is 3.92. The van der Waals surface area contributed by atoms with E-state index in [-0.39, 0.29) is 5.91 Å². The van der Waals surface area contributed by atoms with Crippen LogP contribution in [-0.2, 0) is 11.3 Å². The lowest BCUT2D eigenvalue weighted by Gasteiger charge is -2.14. The first-order chi connectivity index (χ1) is 10.7. The Morgan fingerprint density at radius 3 is 2.41 bits per heavy atom. The molecule has 1 amide bonds. The molecule has 0 aliphatic rings. The summed E-state index contributed by atoms with van der Waals surface area (Å²) in [6.45, 7) is 0.441. The van der Waals surface area contributed by atoms with Gasteiger partial charge in [0.25, 0.3) is 0 Å². The van der Waals surface area contributed by atoms with Gasteiger partial charge in [0.2, 0.25) is 5.91 Å². The average molecular weight is 320 g/mol. The average Bonchev–Trinajstić information content (AvgIpc) is 2.59. The lowest BCUT2D eigenvalue weighted by atomic mass is 10.1. The van der Waals surface area contributed by atoms with E-state index >= 15 is 0 Å². The van der Waals surface area contributed by atoms with Crippen molar-refractivity contribution in [2.24, 2.45) is 0 Å². The Hall–Kier alpha value is -2.20. The molecule has 5 heteroatoms. The van der Waals surface area contributed by atoms with E-state index in [0.717, 1.165) is 5.56 Å². The maximum absolute atomic E-state index is 12.2. The van der Waals surface area contributed by atoms with Gasteiger partial charge in [0.1, 0.15) is 5.38 Å². The summed E-state index contributed by atoms with van der Waals surface area (Å²) >= 11 is 6.24. The van der Waals surface area contributed by atoms with E-state index in [1.165, 1.54) is 0 Å². The fraction of sp³-hybridized carbons (Fsp3) is 0.235. The quantitative estimate of drug-likeness (QED) is 0.831. The number of amides is 1. The number of hydrogen-bond acceptors (Lipinski definition) is 3. The lowest BCUT2D eigenvalue weighted by Crippen LogP contribution is -2.26. The molecule has 0 radical (unpaired) electrons. The zero-order valence-corrected chi connectivity index (χ0v) is 13.3. The normalized spacial score (nSPS) is 11.6. The zero-order chi connectivity index (χ0) is 15.9. The number of alkyl halides is 1. The van der Waals surface area contributed by atoms with Crippen molar-refractivity contribution in [2.75, 3.05) is 14.2 Å². The molecule has 116 valence electrons. The fourth-order valence-corrected chi connectivity index (χ4v) is 2.25. The topological polar surface area (TPSA) is 47.6 Å². The summed E-state index contributed by atoms with van der Waals surface area (Å²) in [4.78, 5) is 12.2. The minimum atomic E-state index is -0.788. The van der Waals surface area contributed by atoms with Crippen LogP contribution in [0.4, 0.5) is 0 Å². The Labute approximate surface area is 135 Å². The van der Waals surface area contributed by atoms with Gasteiger partial charge < -0.3 is 14.8 Å². The predicted octanol–water partition coefficient (Wildman–Crippen LogP) is 3.30. The van der Waals surface area contributed by atoms with Crippen LogP contribution in [0.1, 0.15) is 16.5 Å². The molecule has 1 N–H and O–H groups in total. The Bertz CT molecular complexity index is 631. The Morgan fingerprint density at radius 1 is 1.09 bits per heavy atom. The van der Waals surface area contributed by atoms with Crippen LogP contribution in [0, 0.1) is 0 Å². The number of hydrogen-bond donors (Lipinski definition) is 1. The van der Waals surface area contributed by atoms with Crippen molar-refractivity contribution in [3.05, 3.63) is 59.7 Å². The first kappa shape index (κ1) is 16.2. The Kier molecular flexibility index (Phi) is 5.67. The summed E-state index contributed by atoms with van der Waals surface area (Å²) in [5.41, 5.74) is 1.68. The van der Waals surface area contributed by atoms with Crippen molar-refractivity contribution in [1.29, 1.82) is 0 Å². The van der Waals surface area contributed by atoms with Gasteiger partial charge in [-0.2, -0.15) is 0 Å². The minimum Gasteiger partial charge on any atom is -0.493 e. The molecule has 2 rings (SSSR count). The van der Waals surface area contributed by atoms with E-state index in [4.69, 9.17) is 21.1 Å². The third-order valence-electron chi connectivity index (χ3n) is 3.24. The second-order valence-electron chi connectivity index (χ2n) is 4.68. The molecule has 1 unspecified atom stereocenters. The zero-order valence-electron chi connectivity index (χ0n) is 12.5. The summed E-state index contributed by atoms with van der Waals surface area (Å²) < 4.78 is 10.4. The first-order valence-corrected chi connectivity index (χ1v) is 7.27. The largest absolute Gasteiger partial charge is 0.493 e. The number of rotatable bonds is 6.